The van der Waals surface area contributed by atoms with E-state index in [4.69, 9.17) is 4.74 Å². The van der Waals surface area contributed by atoms with E-state index in [9.17, 15) is 0 Å². The second kappa shape index (κ2) is 7.79. The van der Waals surface area contributed by atoms with Crippen molar-refractivity contribution in [2.45, 2.75) is 39.8 Å². The molecule has 1 aromatic heterocycles. The Morgan fingerprint density at radius 3 is 2.62 bits per heavy atom. The molecule has 1 aromatic carbocycles. The van der Waals surface area contributed by atoms with Crippen molar-refractivity contribution in [3.63, 3.8) is 0 Å². The summed E-state index contributed by atoms with van der Waals surface area (Å²) in [5.41, 5.74) is 3.19. The minimum Gasteiger partial charge on any atom is -0.487 e. The first-order valence-corrected chi connectivity index (χ1v) is 7.62. The maximum Gasteiger partial charge on any atom is 0.130 e. The molecule has 1 atom stereocenters. The van der Waals surface area contributed by atoms with Gasteiger partial charge in [0.1, 0.15) is 12.4 Å². The van der Waals surface area contributed by atoms with E-state index in [0.29, 0.717) is 12.6 Å². The highest BCUT2D eigenvalue weighted by molar-refractivity contribution is 5.36. The molecule has 3 nitrogen and oxygen atoms in total. The van der Waals surface area contributed by atoms with Crippen molar-refractivity contribution < 1.29 is 4.74 Å². The van der Waals surface area contributed by atoms with Gasteiger partial charge in [-0.05, 0) is 38.1 Å². The summed E-state index contributed by atoms with van der Waals surface area (Å²) in [5, 5.41) is 3.50. The van der Waals surface area contributed by atoms with Gasteiger partial charge in [0, 0.05) is 17.3 Å². The molecule has 2 aromatic rings. The zero-order valence-electron chi connectivity index (χ0n) is 13.1. The van der Waals surface area contributed by atoms with Gasteiger partial charge in [-0.1, -0.05) is 38.1 Å². The van der Waals surface area contributed by atoms with Crippen LogP contribution in [0.5, 0.6) is 5.75 Å². The van der Waals surface area contributed by atoms with Crippen molar-refractivity contribution in [2.75, 3.05) is 6.54 Å². The number of para-hydroxylation sites is 1. The fourth-order valence-electron chi connectivity index (χ4n) is 2.45. The van der Waals surface area contributed by atoms with Crippen LogP contribution >= 0.6 is 0 Å². The summed E-state index contributed by atoms with van der Waals surface area (Å²) in [4.78, 5) is 4.48. The van der Waals surface area contributed by atoms with Crippen LogP contribution in [-0.4, -0.2) is 11.5 Å². The lowest BCUT2D eigenvalue weighted by molar-refractivity contribution is 0.294. The number of aromatic nitrogens is 1. The van der Waals surface area contributed by atoms with Crippen LogP contribution in [0.4, 0.5) is 0 Å². The normalized spacial score (nSPS) is 12.1. The predicted octanol–water partition coefficient (Wildman–Crippen LogP) is 4.03. The van der Waals surface area contributed by atoms with Crippen molar-refractivity contribution in [3.8, 4) is 5.75 Å². The van der Waals surface area contributed by atoms with Crippen LogP contribution in [0.3, 0.4) is 0 Å². The van der Waals surface area contributed by atoms with Crippen LogP contribution in [0.15, 0.2) is 42.5 Å². The highest BCUT2D eigenvalue weighted by atomic mass is 16.5. The number of aryl methyl sites for hydroxylation is 1. The third kappa shape index (κ3) is 4.30. The Labute approximate surface area is 127 Å². The van der Waals surface area contributed by atoms with Crippen LogP contribution < -0.4 is 10.1 Å². The Morgan fingerprint density at radius 2 is 1.90 bits per heavy atom. The Kier molecular flexibility index (Phi) is 5.76. The van der Waals surface area contributed by atoms with E-state index >= 15 is 0 Å². The minimum atomic E-state index is 0.330. The summed E-state index contributed by atoms with van der Waals surface area (Å²) in [6.45, 7) is 7.76. The summed E-state index contributed by atoms with van der Waals surface area (Å²) >= 11 is 0. The second-order valence-electron chi connectivity index (χ2n) is 5.12. The molecule has 21 heavy (non-hydrogen) atoms. The van der Waals surface area contributed by atoms with Crippen LogP contribution in [-0.2, 0) is 6.61 Å². The number of hydrogen-bond donors (Lipinski definition) is 1. The number of nitrogens with one attached hydrogen (secondary N) is 1. The lowest BCUT2D eigenvalue weighted by atomic mass is 10.0. The highest BCUT2D eigenvalue weighted by Gasteiger charge is 2.13. The molecule has 0 saturated carbocycles. The minimum absolute atomic E-state index is 0.330. The molecule has 0 amide bonds. The number of ether oxygens (including phenoxy) is 1. The first-order chi connectivity index (χ1) is 10.2. The zero-order chi connectivity index (χ0) is 15.1. The predicted molar refractivity (Wildman–Crippen MR) is 86.5 cm³/mol. The molecule has 1 N–H and O–H groups in total. The van der Waals surface area contributed by atoms with Gasteiger partial charge >= 0.3 is 0 Å². The molecule has 0 spiro atoms. The summed E-state index contributed by atoms with van der Waals surface area (Å²) in [7, 11) is 0. The average Bonchev–Trinajstić information content (AvgIpc) is 2.51. The third-order valence-electron chi connectivity index (χ3n) is 3.47. The Balaban J connectivity index is 2.12. The van der Waals surface area contributed by atoms with E-state index in [1.807, 2.05) is 37.3 Å². The fraction of sp³-hybridized carbons (Fsp3) is 0.389. The smallest absolute Gasteiger partial charge is 0.130 e. The molecule has 0 fully saturated rings. The van der Waals surface area contributed by atoms with Gasteiger partial charge in [-0.15, -0.1) is 0 Å². The summed E-state index contributed by atoms with van der Waals surface area (Å²) in [6, 6.07) is 14.6. The number of pyridine rings is 1. The Morgan fingerprint density at radius 1 is 1.10 bits per heavy atom. The van der Waals surface area contributed by atoms with Gasteiger partial charge in [0.05, 0.1) is 5.69 Å². The standard InChI is InChI=1S/C18H24N2O/c1-4-17(19-5-2)16-11-6-7-12-18(16)21-13-15-10-8-9-14(3)20-15/h6-12,17,19H,4-5,13H2,1-3H3. The van der Waals surface area contributed by atoms with E-state index in [1.54, 1.807) is 0 Å². The van der Waals surface area contributed by atoms with E-state index in [0.717, 1.165) is 30.1 Å². The summed E-state index contributed by atoms with van der Waals surface area (Å²) < 4.78 is 6.00. The van der Waals surface area contributed by atoms with Gasteiger partial charge in [0.2, 0.25) is 0 Å². The maximum absolute atomic E-state index is 6.00. The summed E-state index contributed by atoms with van der Waals surface area (Å²) in [5.74, 6) is 0.939. The molecule has 1 heterocycles. The molecular formula is C18H24N2O. The monoisotopic (exact) mass is 284 g/mol. The molecule has 0 saturated heterocycles. The van der Waals surface area contributed by atoms with Crippen molar-refractivity contribution in [2.24, 2.45) is 0 Å². The Bertz CT molecular complexity index is 569. The molecule has 0 aliphatic rings. The van der Waals surface area contributed by atoms with E-state index in [2.05, 4.69) is 36.3 Å². The Hall–Kier alpha value is -1.87. The van der Waals surface area contributed by atoms with Crippen molar-refractivity contribution in [1.82, 2.24) is 10.3 Å². The van der Waals surface area contributed by atoms with E-state index in [1.165, 1.54) is 5.56 Å². The van der Waals surface area contributed by atoms with Crippen molar-refractivity contribution >= 4 is 0 Å². The van der Waals surface area contributed by atoms with Gasteiger partial charge < -0.3 is 10.1 Å². The van der Waals surface area contributed by atoms with Crippen molar-refractivity contribution in [3.05, 3.63) is 59.4 Å². The van der Waals surface area contributed by atoms with Gasteiger partial charge in [-0.3, -0.25) is 4.98 Å². The van der Waals surface area contributed by atoms with Gasteiger partial charge in [0.25, 0.3) is 0 Å². The fourth-order valence-corrected chi connectivity index (χ4v) is 2.45. The molecule has 3 heteroatoms. The van der Waals surface area contributed by atoms with Gasteiger partial charge in [-0.2, -0.15) is 0 Å². The maximum atomic E-state index is 6.00. The molecule has 0 radical (unpaired) electrons. The molecule has 0 aliphatic carbocycles. The molecule has 1 unspecified atom stereocenters. The lowest BCUT2D eigenvalue weighted by Gasteiger charge is -2.20. The number of benzene rings is 1. The average molecular weight is 284 g/mol. The largest absolute Gasteiger partial charge is 0.487 e. The molecule has 0 aliphatic heterocycles. The first-order valence-electron chi connectivity index (χ1n) is 7.62. The van der Waals surface area contributed by atoms with Gasteiger partial charge in [0.15, 0.2) is 0 Å². The van der Waals surface area contributed by atoms with Crippen LogP contribution in [0.25, 0.3) is 0 Å². The van der Waals surface area contributed by atoms with E-state index in [-0.39, 0.29) is 0 Å². The number of nitrogens with zero attached hydrogens (tertiary/aromatic N) is 1. The molecule has 0 bridgehead atoms. The van der Waals surface area contributed by atoms with Crippen LogP contribution in [0, 0.1) is 6.92 Å². The molecular weight excluding hydrogens is 260 g/mol. The molecule has 112 valence electrons. The van der Waals surface area contributed by atoms with E-state index < -0.39 is 0 Å². The van der Waals surface area contributed by atoms with Gasteiger partial charge in [-0.25, -0.2) is 0 Å². The zero-order valence-corrected chi connectivity index (χ0v) is 13.1. The molecule has 2 rings (SSSR count). The second-order valence-corrected chi connectivity index (χ2v) is 5.12. The summed E-state index contributed by atoms with van der Waals surface area (Å²) in [6.07, 6.45) is 1.04. The SMILES string of the molecule is CCNC(CC)c1ccccc1OCc1cccc(C)n1. The quantitative estimate of drug-likeness (QED) is 0.833. The lowest BCUT2D eigenvalue weighted by Crippen LogP contribution is -2.20. The third-order valence-corrected chi connectivity index (χ3v) is 3.47. The van der Waals surface area contributed by atoms with Crippen molar-refractivity contribution in [1.29, 1.82) is 0 Å². The first kappa shape index (κ1) is 15.5. The number of hydrogen-bond acceptors (Lipinski definition) is 3. The topological polar surface area (TPSA) is 34.1 Å². The van der Waals surface area contributed by atoms with Crippen LogP contribution in [0.1, 0.15) is 43.3 Å². The van der Waals surface area contributed by atoms with Crippen LogP contribution in [0.2, 0.25) is 0 Å². The number of rotatable bonds is 7. The highest BCUT2D eigenvalue weighted by Crippen LogP contribution is 2.27.